The summed E-state index contributed by atoms with van der Waals surface area (Å²) in [5.41, 5.74) is 4.27. The molecule has 0 bridgehead atoms. The van der Waals surface area contributed by atoms with Gasteiger partial charge in [0.25, 0.3) is 0 Å². The highest BCUT2D eigenvalue weighted by Crippen LogP contribution is 2.30. The number of aromatic nitrogens is 2. The Bertz CT molecular complexity index is 747. The topological polar surface area (TPSA) is 26.9 Å². The number of carbonyl (C=O) groups excluding carboxylic acids is 1. The zero-order chi connectivity index (χ0) is 12.2. The van der Waals surface area contributed by atoms with Crippen LogP contribution in [0.2, 0.25) is 0 Å². The molecule has 3 rings (SSSR count). The molecule has 0 saturated heterocycles. The maximum atomic E-state index is 11.0. The predicted octanol–water partition coefficient (Wildman–Crippen LogP) is 2.79. The SMILES string of the molecule is Cc1ccc2c3cc(C=O)n(C)c3n(C)c2c1. The molecule has 17 heavy (non-hydrogen) atoms. The van der Waals surface area contributed by atoms with Crippen LogP contribution in [0, 0.1) is 6.92 Å². The van der Waals surface area contributed by atoms with E-state index in [2.05, 4.69) is 29.7 Å². The van der Waals surface area contributed by atoms with Gasteiger partial charge in [-0.05, 0) is 24.6 Å². The van der Waals surface area contributed by atoms with Crippen molar-refractivity contribution in [2.24, 2.45) is 14.1 Å². The maximum Gasteiger partial charge on any atom is 0.166 e. The first-order valence-electron chi connectivity index (χ1n) is 5.63. The van der Waals surface area contributed by atoms with E-state index in [-0.39, 0.29) is 0 Å². The van der Waals surface area contributed by atoms with Gasteiger partial charge in [0.2, 0.25) is 0 Å². The van der Waals surface area contributed by atoms with Gasteiger partial charge in [0.15, 0.2) is 6.29 Å². The summed E-state index contributed by atoms with van der Waals surface area (Å²) in [6, 6.07) is 8.37. The van der Waals surface area contributed by atoms with Gasteiger partial charge in [-0.15, -0.1) is 0 Å². The molecule has 0 spiro atoms. The monoisotopic (exact) mass is 226 g/mol. The molecule has 2 aromatic heterocycles. The average molecular weight is 226 g/mol. The van der Waals surface area contributed by atoms with Crippen molar-refractivity contribution < 1.29 is 4.79 Å². The highest BCUT2D eigenvalue weighted by molar-refractivity contribution is 6.09. The first-order valence-corrected chi connectivity index (χ1v) is 5.63. The molecular weight excluding hydrogens is 212 g/mol. The van der Waals surface area contributed by atoms with Crippen LogP contribution in [0.15, 0.2) is 24.3 Å². The number of fused-ring (bicyclic) bond motifs is 3. The molecule has 86 valence electrons. The van der Waals surface area contributed by atoms with Gasteiger partial charge in [-0.25, -0.2) is 0 Å². The van der Waals surface area contributed by atoms with Crippen LogP contribution in [0.4, 0.5) is 0 Å². The highest BCUT2D eigenvalue weighted by Gasteiger charge is 2.13. The van der Waals surface area contributed by atoms with E-state index < -0.39 is 0 Å². The van der Waals surface area contributed by atoms with Gasteiger partial charge in [0.05, 0.1) is 11.2 Å². The third-order valence-electron chi connectivity index (χ3n) is 3.48. The van der Waals surface area contributed by atoms with Crippen LogP contribution in [0.5, 0.6) is 0 Å². The maximum absolute atomic E-state index is 11.0. The Morgan fingerprint density at radius 1 is 1.06 bits per heavy atom. The van der Waals surface area contributed by atoms with Crippen molar-refractivity contribution in [2.75, 3.05) is 0 Å². The van der Waals surface area contributed by atoms with Crippen molar-refractivity contribution in [1.82, 2.24) is 9.13 Å². The Morgan fingerprint density at radius 3 is 2.53 bits per heavy atom. The molecule has 1 aromatic carbocycles. The van der Waals surface area contributed by atoms with Crippen molar-refractivity contribution >= 4 is 28.2 Å². The quantitative estimate of drug-likeness (QED) is 0.586. The molecule has 0 aliphatic heterocycles. The van der Waals surface area contributed by atoms with Gasteiger partial charge in [0, 0.05) is 24.9 Å². The van der Waals surface area contributed by atoms with E-state index in [1.54, 1.807) is 0 Å². The van der Waals surface area contributed by atoms with Gasteiger partial charge >= 0.3 is 0 Å². The summed E-state index contributed by atoms with van der Waals surface area (Å²) in [6.07, 6.45) is 0.903. The van der Waals surface area contributed by atoms with Gasteiger partial charge in [-0.1, -0.05) is 12.1 Å². The second-order valence-electron chi connectivity index (χ2n) is 4.56. The summed E-state index contributed by atoms with van der Waals surface area (Å²) < 4.78 is 4.09. The zero-order valence-corrected chi connectivity index (χ0v) is 10.2. The summed E-state index contributed by atoms with van der Waals surface area (Å²) in [4.78, 5) is 11.0. The van der Waals surface area contributed by atoms with Gasteiger partial charge < -0.3 is 9.13 Å². The molecular formula is C14H14N2O. The van der Waals surface area contributed by atoms with Crippen molar-refractivity contribution in [3.05, 3.63) is 35.5 Å². The lowest BCUT2D eigenvalue weighted by atomic mass is 10.1. The minimum atomic E-state index is 0.716. The van der Waals surface area contributed by atoms with Crippen LogP contribution in [-0.4, -0.2) is 15.4 Å². The van der Waals surface area contributed by atoms with Crippen LogP contribution < -0.4 is 0 Å². The number of hydrogen-bond donors (Lipinski definition) is 0. The number of aryl methyl sites for hydroxylation is 3. The molecule has 3 heteroatoms. The number of carbonyl (C=O) groups is 1. The summed E-state index contributed by atoms with van der Waals surface area (Å²) in [6.45, 7) is 2.09. The molecule has 0 atom stereocenters. The van der Waals surface area contributed by atoms with E-state index in [0.29, 0.717) is 5.69 Å². The molecule has 0 unspecified atom stereocenters. The number of benzene rings is 1. The molecule has 0 radical (unpaired) electrons. The second kappa shape index (κ2) is 3.23. The Balaban J connectivity index is 2.57. The van der Waals surface area contributed by atoms with E-state index >= 15 is 0 Å². The van der Waals surface area contributed by atoms with E-state index in [4.69, 9.17) is 0 Å². The predicted molar refractivity (Wildman–Crippen MR) is 69.5 cm³/mol. The molecule has 0 N–H and O–H groups in total. The smallest absolute Gasteiger partial charge is 0.166 e. The van der Waals surface area contributed by atoms with Gasteiger partial charge in [-0.3, -0.25) is 4.79 Å². The largest absolute Gasteiger partial charge is 0.330 e. The highest BCUT2D eigenvalue weighted by atomic mass is 16.1. The Morgan fingerprint density at radius 2 is 1.82 bits per heavy atom. The summed E-state index contributed by atoms with van der Waals surface area (Å²) in [5, 5.41) is 2.35. The van der Waals surface area contributed by atoms with Gasteiger partial charge in [-0.2, -0.15) is 0 Å². The number of rotatable bonds is 1. The lowest BCUT2D eigenvalue weighted by Crippen LogP contribution is -1.99. The summed E-state index contributed by atoms with van der Waals surface area (Å²) in [5.74, 6) is 0. The lowest BCUT2D eigenvalue weighted by Gasteiger charge is -2.02. The first kappa shape index (κ1) is 10.1. The third kappa shape index (κ3) is 1.19. The lowest BCUT2D eigenvalue weighted by molar-refractivity contribution is 0.111. The van der Waals surface area contributed by atoms with Crippen molar-refractivity contribution in [3.63, 3.8) is 0 Å². The summed E-state index contributed by atoms with van der Waals surface area (Å²) >= 11 is 0. The molecule has 0 aliphatic carbocycles. The van der Waals surface area contributed by atoms with Crippen molar-refractivity contribution in [1.29, 1.82) is 0 Å². The Labute approximate surface area is 99.3 Å². The average Bonchev–Trinajstić information content (AvgIpc) is 2.77. The number of aldehydes is 1. The number of hydrogen-bond acceptors (Lipinski definition) is 1. The zero-order valence-electron chi connectivity index (χ0n) is 10.2. The molecule has 0 fully saturated rings. The molecule has 0 amide bonds. The van der Waals surface area contributed by atoms with Crippen molar-refractivity contribution in [2.45, 2.75) is 6.92 Å². The van der Waals surface area contributed by atoms with Crippen LogP contribution >= 0.6 is 0 Å². The fourth-order valence-electron chi connectivity index (χ4n) is 2.59. The number of nitrogens with zero attached hydrogens (tertiary/aromatic N) is 2. The van der Waals surface area contributed by atoms with E-state index in [1.807, 2.05) is 24.7 Å². The normalized spacial score (nSPS) is 11.5. The Kier molecular flexibility index (Phi) is 1.93. The fourth-order valence-corrected chi connectivity index (χ4v) is 2.59. The third-order valence-corrected chi connectivity index (χ3v) is 3.48. The fraction of sp³-hybridized carbons (Fsp3) is 0.214. The molecule has 2 heterocycles. The molecule has 3 nitrogen and oxygen atoms in total. The first-order chi connectivity index (χ1) is 8.13. The minimum Gasteiger partial charge on any atom is -0.330 e. The summed E-state index contributed by atoms with van der Waals surface area (Å²) in [7, 11) is 3.97. The van der Waals surface area contributed by atoms with Crippen LogP contribution in [0.1, 0.15) is 16.1 Å². The van der Waals surface area contributed by atoms with Crippen LogP contribution in [-0.2, 0) is 14.1 Å². The van der Waals surface area contributed by atoms with E-state index in [9.17, 15) is 4.79 Å². The second-order valence-corrected chi connectivity index (χ2v) is 4.56. The van der Waals surface area contributed by atoms with E-state index in [1.165, 1.54) is 16.5 Å². The van der Waals surface area contributed by atoms with Crippen LogP contribution in [0.25, 0.3) is 21.9 Å². The minimum absolute atomic E-state index is 0.716. The van der Waals surface area contributed by atoms with E-state index in [0.717, 1.165) is 17.3 Å². The molecule has 3 aromatic rings. The van der Waals surface area contributed by atoms with Crippen LogP contribution in [0.3, 0.4) is 0 Å². The standard InChI is InChI=1S/C14H14N2O/c1-9-4-5-11-12-7-10(8-17)15(2)14(12)16(3)13(11)6-9/h4-8H,1-3H3. The molecule has 0 aliphatic rings. The van der Waals surface area contributed by atoms with Gasteiger partial charge in [0.1, 0.15) is 5.65 Å². The molecule has 0 saturated carbocycles. The Hall–Kier alpha value is -2.03. The van der Waals surface area contributed by atoms with Crippen molar-refractivity contribution in [3.8, 4) is 0 Å².